The van der Waals surface area contributed by atoms with Crippen molar-refractivity contribution in [3.8, 4) is 0 Å². The zero-order chi connectivity index (χ0) is 17.4. The van der Waals surface area contributed by atoms with Gasteiger partial charge in [-0.1, -0.05) is 0 Å². The zero-order valence-corrected chi connectivity index (χ0v) is 13.0. The summed E-state index contributed by atoms with van der Waals surface area (Å²) in [4.78, 5) is 24.4. The van der Waals surface area contributed by atoms with Gasteiger partial charge in [-0.25, -0.2) is 19.6 Å². The van der Waals surface area contributed by atoms with Gasteiger partial charge in [-0.3, -0.25) is 9.69 Å². The number of imide groups is 1. The lowest BCUT2D eigenvalue weighted by molar-refractivity contribution is -0.127. The van der Waals surface area contributed by atoms with Gasteiger partial charge in [-0.2, -0.15) is 13.2 Å². The highest BCUT2D eigenvalue weighted by Gasteiger charge is 2.32. The van der Waals surface area contributed by atoms with E-state index in [-0.39, 0.29) is 17.1 Å². The average Bonchev–Trinajstić information content (AvgIpc) is 2.44. The fraction of sp³-hybridized carbons (Fsp3) is 0.385. The molecule has 1 aliphatic rings. The third kappa shape index (κ3) is 3.94. The van der Waals surface area contributed by atoms with Crippen LogP contribution in [-0.4, -0.2) is 42.4 Å². The molecule has 126 valence electrons. The topological polar surface area (TPSA) is 52.7 Å². The Hall–Kier alpha value is -1.81. The normalized spacial score (nSPS) is 16.3. The van der Waals surface area contributed by atoms with Crippen molar-refractivity contribution >= 4 is 29.4 Å². The number of amides is 3. The molecular formula is C13H13F4N3O2S. The summed E-state index contributed by atoms with van der Waals surface area (Å²) in [7, 11) is 1.24. The molecule has 1 aromatic carbocycles. The molecule has 0 aliphatic carbocycles. The smallest absolute Gasteiger partial charge is 0.273 e. The molecule has 1 aliphatic heterocycles. The van der Waals surface area contributed by atoms with Crippen LogP contribution in [0.3, 0.4) is 0 Å². The molecule has 10 heteroatoms. The van der Waals surface area contributed by atoms with Crippen LogP contribution in [0.25, 0.3) is 0 Å². The first-order chi connectivity index (χ1) is 10.6. The number of thioether (sulfide) groups is 1. The predicted molar refractivity (Wildman–Crippen MR) is 76.6 cm³/mol. The molecule has 1 heterocycles. The summed E-state index contributed by atoms with van der Waals surface area (Å²) in [5.41, 5.74) is 2.54. The molecule has 0 atom stereocenters. The van der Waals surface area contributed by atoms with E-state index < -0.39 is 29.7 Å². The Morgan fingerprint density at radius 3 is 2.57 bits per heavy atom. The van der Waals surface area contributed by atoms with E-state index in [1.165, 1.54) is 14.0 Å². The molecule has 1 saturated heterocycles. The molecule has 23 heavy (non-hydrogen) atoms. The number of hydrogen-bond acceptors (Lipinski definition) is 4. The number of nitrogens with one attached hydrogen (secondary N) is 1. The summed E-state index contributed by atoms with van der Waals surface area (Å²) >= 11 is 0.505. The quantitative estimate of drug-likeness (QED) is 0.672. The second kappa shape index (κ2) is 6.36. The molecule has 1 fully saturated rings. The molecule has 0 bridgehead atoms. The predicted octanol–water partition coefficient (Wildman–Crippen LogP) is 2.69. The van der Waals surface area contributed by atoms with E-state index in [0.717, 1.165) is 22.0 Å². The van der Waals surface area contributed by atoms with Crippen molar-refractivity contribution in [3.63, 3.8) is 0 Å². The van der Waals surface area contributed by atoms with Crippen molar-refractivity contribution in [2.45, 2.75) is 18.0 Å². The number of nitrogens with zero attached hydrogens (tertiary/aromatic N) is 2. The number of benzene rings is 1. The summed E-state index contributed by atoms with van der Waals surface area (Å²) in [6, 6.07) is 1.41. The SMILES string of the molecule is Cc1cc(F)c(N2NCC(=O)N(C)C2=O)cc1SCC(F)(F)F. The molecule has 3 amide bonds. The van der Waals surface area contributed by atoms with Gasteiger partial charge in [0, 0.05) is 11.9 Å². The van der Waals surface area contributed by atoms with E-state index in [1.54, 1.807) is 0 Å². The van der Waals surface area contributed by atoms with Crippen LogP contribution < -0.4 is 10.4 Å². The van der Waals surface area contributed by atoms with E-state index >= 15 is 0 Å². The third-order valence-electron chi connectivity index (χ3n) is 3.12. The molecule has 0 aromatic heterocycles. The number of aryl methyl sites for hydroxylation is 1. The lowest BCUT2D eigenvalue weighted by Gasteiger charge is -2.32. The van der Waals surface area contributed by atoms with E-state index in [1.807, 2.05) is 0 Å². The van der Waals surface area contributed by atoms with Crippen LogP contribution in [0.5, 0.6) is 0 Å². The minimum Gasteiger partial charge on any atom is -0.273 e. The van der Waals surface area contributed by atoms with Crippen molar-refractivity contribution < 1.29 is 27.2 Å². The van der Waals surface area contributed by atoms with Crippen LogP contribution in [0, 0.1) is 12.7 Å². The van der Waals surface area contributed by atoms with Gasteiger partial charge in [0.15, 0.2) is 0 Å². The number of carbonyl (C=O) groups excluding carboxylic acids is 2. The first kappa shape index (κ1) is 17.5. The second-order valence-corrected chi connectivity index (χ2v) is 5.90. The first-order valence-corrected chi connectivity index (χ1v) is 7.42. The zero-order valence-electron chi connectivity index (χ0n) is 12.2. The highest BCUT2D eigenvalue weighted by molar-refractivity contribution is 7.99. The molecule has 1 N–H and O–H groups in total. The van der Waals surface area contributed by atoms with E-state index in [0.29, 0.717) is 17.3 Å². The van der Waals surface area contributed by atoms with E-state index in [9.17, 15) is 27.2 Å². The Balaban J connectivity index is 2.32. The minimum absolute atomic E-state index is 0.202. The van der Waals surface area contributed by atoms with Gasteiger partial charge < -0.3 is 0 Å². The second-order valence-electron chi connectivity index (χ2n) is 4.88. The summed E-state index contributed by atoms with van der Waals surface area (Å²) in [5.74, 6) is -2.40. The highest BCUT2D eigenvalue weighted by atomic mass is 32.2. The highest BCUT2D eigenvalue weighted by Crippen LogP contribution is 2.33. The molecule has 0 unspecified atom stereocenters. The number of carbonyl (C=O) groups is 2. The Labute approximate surface area is 133 Å². The number of likely N-dealkylation sites (N-methyl/N-ethyl adjacent to an activating group) is 1. The van der Waals surface area contributed by atoms with Gasteiger partial charge in [0.05, 0.1) is 18.0 Å². The van der Waals surface area contributed by atoms with Gasteiger partial charge in [-0.05, 0) is 24.6 Å². The molecule has 0 spiro atoms. The van der Waals surface area contributed by atoms with Gasteiger partial charge >= 0.3 is 12.2 Å². The lowest BCUT2D eigenvalue weighted by atomic mass is 10.2. The van der Waals surface area contributed by atoms with Crippen LogP contribution in [-0.2, 0) is 4.79 Å². The number of anilines is 1. The van der Waals surface area contributed by atoms with Crippen LogP contribution in [0.4, 0.5) is 28.0 Å². The van der Waals surface area contributed by atoms with Crippen LogP contribution in [0.1, 0.15) is 5.56 Å². The van der Waals surface area contributed by atoms with Crippen molar-refractivity contribution in [2.24, 2.45) is 0 Å². The van der Waals surface area contributed by atoms with Crippen molar-refractivity contribution in [1.29, 1.82) is 0 Å². The number of alkyl halides is 3. The van der Waals surface area contributed by atoms with Crippen molar-refractivity contribution in [3.05, 3.63) is 23.5 Å². The molecular weight excluding hydrogens is 338 g/mol. The molecule has 0 radical (unpaired) electrons. The largest absolute Gasteiger partial charge is 0.398 e. The first-order valence-electron chi connectivity index (χ1n) is 6.44. The Morgan fingerprint density at radius 1 is 1.30 bits per heavy atom. The average molecular weight is 351 g/mol. The summed E-state index contributed by atoms with van der Waals surface area (Å²) in [6.45, 7) is 1.26. The standard InChI is InChI=1S/C13H13F4N3O2S/c1-7-3-8(14)9(4-10(7)23-6-13(15,16)17)20-12(22)19(2)11(21)5-18-20/h3-4,18H,5-6H2,1-2H3. The monoisotopic (exact) mass is 351 g/mol. The number of hydrogen-bond donors (Lipinski definition) is 1. The minimum atomic E-state index is -4.36. The maximum absolute atomic E-state index is 14.1. The van der Waals surface area contributed by atoms with Gasteiger partial charge in [0.25, 0.3) is 0 Å². The van der Waals surface area contributed by atoms with Gasteiger partial charge in [0.2, 0.25) is 5.91 Å². The number of halogens is 4. The maximum atomic E-state index is 14.1. The Kier molecular flexibility index (Phi) is 4.85. The summed E-state index contributed by atoms with van der Waals surface area (Å²) < 4.78 is 51.2. The van der Waals surface area contributed by atoms with Crippen molar-refractivity contribution in [1.82, 2.24) is 10.3 Å². The number of rotatable bonds is 3. The molecule has 1 aromatic rings. The van der Waals surface area contributed by atoms with Gasteiger partial charge in [-0.15, -0.1) is 11.8 Å². The fourth-order valence-electron chi connectivity index (χ4n) is 1.91. The lowest BCUT2D eigenvalue weighted by Crippen LogP contribution is -2.60. The van der Waals surface area contributed by atoms with Crippen LogP contribution in [0.15, 0.2) is 17.0 Å². The Bertz CT molecular complexity index is 651. The van der Waals surface area contributed by atoms with Gasteiger partial charge in [0.1, 0.15) is 5.82 Å². The molecule has 2 rings (SSSR count). The number of hydrazine groups is 1. The maximum Gasteiger partial charge on any atom is 0.398 e. The summed E-state index contributed by atoms with van der Waals surface area (Å²) in [5, 5.41) is 0.813. The molecule has 0 saturated carbocycles. The van der Waals surface area contributed by atoms with E-state index in [2.05, 4.69) is 5.43 Å². The van der Waals surface area contributed by atoms with Crippen LogP contribution >= 0.6 is 11.8 Å². The number of urea groups is 1. The molecule has 5 nitrogen and oxygen atoms in total. The van der Waals surface area contributed by atoms with E-state index in [4.69, 9.17) is 0 Å². The van der Waals surface area contributed by atoms with Crippen molar-refractivity contribution in [2.75, 3.05) is 24.4 Å². The van der Waals surface area contributed by atoms with Crippen LogP contribution in [0.2, 0.25) is 0 Å². The third-order valence-corrected chi connectivity index (χ3v) is 4.34. The Morgan fingerprint density at radius 2 is 1.96 bits per heavy atom. The fourth-order valence-corrected chi connectivity index (χ4v) is 2.71. The summed E-state index contributed by atoms with van der Waals surface area (Å²) in [6.07, 6.45) is -4.36.